The molecule has 1 aliphatic rings. The zero-order valence-electron chi connectivity index (χ0n) is 21.4. The van der Waals surface area contributed by atoms with Gasteiger partial charge in [-0.1, -0.05) is 36.9 Å². The molecule has 38 heavy (non-hydrogen) atoms. The summed E-state index contributed by atoms with van der Waals surface area (Å²) in [4.78, 5) is 25.2. The van der Waals surface area contributed by atoms with Crippen molar-refractivity contribution in [3.63, 3.8) is 0 Å². The predicted octanol–water partition coefficient (Wildman–Crippen LogP) is 3.15. The van der Waals surface area contributed by atoms with E-state index < -0.39 is 17.9 Å². The van der Waals surface area contributed by atoms with Crippen LogP contribution in [0.5, 0.6) is 17.2 Å². The fourth-order valence-electron chi connectivity index (χ4n) is 3.70. The first kappa shape index (κ1) is 28.2. The standard InChI is InChI=1S/C27H30N4O6S/c1-5-14-36-25-18(10-9-13-21(25)34-4)15-28-31-22(32)16-37-20-12-8-7-11-19(20)24-23(26(33)35-6-2)17(3)29-27(38)30-24/h5,7-13,15,24H,1,6,14,16H2,2-4H3,(H,31,32)(H2,29,30,38)/t24-/m0/s1. The molecule has 3 rings (SSSR count). The third-order valence-electron chi connectivity index (χ3n) is 5.32. The molecule has 0 aromatic heterocycles. The smallest absolute Gasteiger partial charge is 0.338 e. The molecule has 1 amide bonds. The normalized spacial score (nSPS) is 14.8. The highest BCUT2D eigenvalue weighted by Gasteiger charge is 2.32. The van der Waals surface area contributed by atoms with E-state index in [-0.39, 0.29) is 19.8 Å². The first-order valence-corrected chi connectivity index (χ1v) is 12.2. The minimum atomic E-state index is -0.623. The lowest BCUT2D eigenvalue weighted by Crippen LogP contribution is -2.45. The van der Waals surface area contributed by atoms with E-state index >= 15 is 0 Å². The van der Waals surface area contributed by atoms with E-state index in [1.165, 1.54) is 13.3 Å². The average Bonchev–Trinajstić information content (AvgIpc) is 2.90. The van der Waals surface area contributed by atoms with Crippen molar-refractivity contribution in [3.05, 3.63) is 77.5 Å². The Kier molecular flexibility index (Phi) is 10.2. The minimum absolute atomic E-state index is 0.225. The molecule has 200 valence electrons. The Labute approximate surface area is 226 Å². The van der Waals surface area contributed by atoms with Crippen molar-refractivity contribution in [2.75, 3.05) is 26.9 Å². The van der Waals surface area contributed by atoms with Crippen molar-refractivity contribution < 1.29 is 28.5 Å². The first-order valence-electron chi connectivity index (χ1n) is 11.8. The van der Waals surface area contributed by atoms with E-state index in [1.807, 2.05) is 0 Å². The summed E-state index contributed by atoms with van der Waals surface area (Å²) >= 11 is 5.30. The number of nitrogens with zero attached hydrogens (tertiary/aromatic N) is 1. The van der Waals surface area contributed by atoms with Gasteiger partial charge < -0.3 is 29.6 Å². The van der Waals surface area contributed by atoms with E-state index in [9.17, 15) is 9.59 Å². The van der Waals surface area contributed by atoms with Gasteiger partial charge in [-0.3, -0.25) is 4.79 Å². The highest BCUT2D eigenvalue weighted by molar-refractivity contribution is 7.80. The number of benzene rings is 2. The van der Waals surface area contributed by atoms with Crippen LogP contribution < -0.4 is 30.3 Å². The van der Waals surface area contributed by atoms with Crippen LogP contribution in [-0.4, -0.2) is 50.1 Å². The lowest BCUT2D eigenvalue weighted by atomic mass is 9.95. The van der Waals surface area contributed by atoms with Crippen LogP contribution in [0.2, 0.25) is 0 Å². The largest absolute Gasteiger partial charge is 0.493 e. The van der Waals surface area contributed by atoms with Crippen molar-refractivity contribution in [2.45, 2.75) is 19.9 Å². The lowest BCUT2D eigenvalue weighted by molar-refractivity contribution is -0.139. The molecule has 0 spiro atoms. The Balaban J connectivity index is 1.72. The van der Waals surface area contributed by atoms with Crippen molar-refractivity contribution in [2.24, 2.45) is 5.10 Å². The number of esters is 1. The number of methoxy groups -OCH3 is 1. The summed E-state index contributed by atoms with van der Waals surface area (Å²) in [6.07, 6.45) is 3.07. The van der Waals surface area contributed by atoms with Gasteiger partial charge in [-0.2, -0.15) is 5.10 Å². The van der Waals surface area contributed by atoms with Crippen LogP contribution in [0.4, 0.5) is 0 Å². The molecule has 0 fully saturated rings. The number of thiocarbonyl (C=S) groups is 1. The molecule has 1 atom stereocenters. The zero-order chi connectivity index (χ0) is 27.5. The maximum atomic E-state index is 12.7. The van der Waals surface area contributed by atoms with Crippen molar-refractivity contribution >= 4 is 35.4 Å². The first-order chi connectivity index (χ1) is 18.4. The molecule has 1 aliphatic heterocycles. The molecule has 2 aromatic carbocycles. The number of amides is 1. The molecule has 0 saturated heterocycles. The van der Waals surface area contributed by atoms with Crippen molar-refractivity contribution in [3.8, 4) is 17.2 Å². The van der Waals surface area contributed by atoms with Gasteiger partial charge in [-0.05, 0) is 44.3 Å². The van der Waals surface area contributed by atoms with Gasteiger partial charge in [0.1, 0.15) is 12.4 Å². The monoisotopic (exact) mass is 538 g/mol. The quantitative estimate of drug-likeness (QED) is 0.123. The number of hydrazone groups is 1. The van der Waals surface area contributed by atoms with Crippen LogP contribution in [0.1, 0.15) is 31.0 Å². The molecular formula is C27H30N4O6S. The van der Waals surface area contributed by atoms with Gasteiger partial charge in [0.2, 0.25) is 0 Å². The van der Waals surface area contributed by atoms with E-state index in [1.54, 1.807) is 62.4 Å². The van der Waals surface area contributed by atoms with Gasteiger partial charge >= 0.3 is 5.97 Å². The fourth-order valence-corrected chi connectivity index (χ4v) is 3.97. The summed E-state index contributed by atoms with van der Waals surface area (Å²) in [7, 11) is 1.54. The second-order valence-electron chi connectivity index (χ2n) is 7.89. The maximum Gasteiger partial charge on any atom is 0.338 e. The highest BCUT2D eigenvalue weighted by Crippen LogP contribution is 2.33. The third kappa shape index (κ3) is 7.10. The summed E-state index contributed by atoms with van der Waals surface area (Å²) in [5, 5.41) is 10.4. The number of ether oxygens (including phenoxy) is 4. The number of nitrogens with one attached hydrogen (secondary N) is 3. The second-order valence-corrected chi connectivity index (χ2v) is 8.30. The molecule has 0 unspecified atom stereocenters. The molecule has 10 nitrogen and oxygen atoms in total. The number of carbonyl (C=O) groups is 2. The van der Waals surface area contributed by atoms with E-state index in [2.05, 4.69) is 27.7 Å². The van der Waals surface area contributed by atoms with Crippen LogP contribution in [0.25, 0.3) is 0 Å². The zero-order valence-corrected chi connectivity index (χ0v) is 22.2. The summed E-state index contributed by atoms with van der Waals surface area (Å²) in [6.45, 7) is 7.32. The summed E-state index contributed by atoms with van der Waals surface area (Å²) in [5.41, 5.74) is 4.62. The Morgan fingerprint density at radius 1 is 1.16 bits per heavy atom. The van der Waals surface area contributed by atoms with Gasteiger partial charge in [0.05, 0.1) is 31.5 Å². The fraction of sp³-hybridized carbons (Fsp3) is 0.259. The van der Waals surface area contributed by atoms with Gasteiger partial charge in [0, 0.05) is 16.8 Å². The molecule has 0 radical (unpaired) electrons. The van der Waals surface area contributed by atoms with Crippen LogP contribution in [0.3, 0.4) is 0 Å². The second kappa shape index (κ2) is 13.8. The maximum absolute atomic E-state index is 12.7. The molecule has 0 saturated carbocycles. The average molecular weight is 539 g/mol. The molecular weight excluding hydrogens is 508 g/mol. The van der Waals surface area contributed by atoms with E-state index in [0.29, 0.717) is 44.8 Å². The Hall–Kier alpha value is -4.38. The van der Waals surface area contributed by atoms with Crippen LogP contribution in [0.15, 0.2) is 71.5 Å². The highest BCUT2D eigenvalue weighted by atomic mass is 32.1. The minimum Gasteiger partial charge on any atom is -0.493 e. The molecule has 0 bridgehead atoms. The molecule has 0 aliphatic carbocycles. The number of rotatable bonds is 12. The number of hydrogen-bond donors (Lipinski definition) is 3. The van der Waals surface area contributed by atoms with Gasteiger partial charge in [0.15, 0.2) is 23.2 Å². The summed E-state index contributed by atoms with van der Waals surface area (Å²) < 4.78 is 22.0. The van der Waals surface area contributed by atoms with E-state index in [4.69, 9.17) is 31.2 Å². The van der Waals surface area contributed by atoms with Crippen LogP contribution >= 0.6 is 12.2 Å². The summed E-state index contributed by atoms with van der Waals surface area (Å²) in [5.74, 6) is 0.439. The number of para-hydroxylation sites is 2. The topological polar surface area (TPSA) is 120 Å². The number of carbonyl (C=O) groups excluding carboxylic acids is 2. The van der Waals surface area contributed by atoms with Gasteiger partial charge in [0.25, 0.3) is 5.91 Å². The summed E-state index contributed by atoms with van der Waals surface area (Å²) in [6, 6.07) is 11.8. The van der Waals surface area contributed by atoms with Crippen LogP contribution in [0, 0.1) is 0 Å². The van der Waals surface area contributed by atoms with E-state index in [0.717, 1.165) is 0 Å². The Bertz CT molecular complexity index is 1260. The Morgan fingerprint density at radius 3 is 2.66 bits per heavy atom. The van der Waals surface area contributed by atoms with Crippen molar-refractivity contribution in [1.29, 1.82) is 0 Å². The molecule has 11 heteroatoms. The lowest BCUT2D eigenvalue weighted by Gasteiger charge is -2.30. The van der Waals surface area contributed by atoms with Gasteiger partial charge in [-0.25, -0.2) is 10.2 Å². The SMILES string of the molecule is C=CCOc1c(C=NNC(=O)COc2ccccc2[C@@H]2NC(=S)NC(C)=C2C(=O)OCC)cccc1OC. The third-order valence-corrected chi connectivity index (χ3v) is 5.54. The Morgan fingerprint density at radius 2 is 1.92 bits per heavy atom. The molecule has 2 aromatic rings. The predicted molar refractivity (Wildman–Crippen MR) is 147 cm³/mol. The van der Waals surface area contributed by atoms with Crippen LogP contribution in [-0.2, 0) is 14.3 Å². The molecule has 1 heterocycles. The number of allylic oxidation sites excluding steroid dienone is 1. The molecule has 3 N–H and O–H groups in total. The van der Waals surface area contributed by atoms with Crippen molar-refractivity contribution in [1.82, 2.24) is 16.1 Å². The van der Waals surface area contributed by atoms with Gasteiger partial charge in [-0.15, -0.1) is 0 Å². The number of hydrogen-bond acceptors (Lipinski definition) is 8.